The van der Waals surface area contributed by atoms with Crippen LogP contribution in [0.2, 0.25) is 0 Å². The molecule has 1 saturated heterocycles. The molecule has 28 heavy (non-hydrogen) atoms. The van der Waals surface area contributed by atoms with E-state index >= 15 is 0 Å². The number of carbonyl (C=O) groups is 1. The molecule has 0 saturated carbocycles. The minimum Gasteiger partial charge on any atom is -0.370 e. The van der Waals surface area contributed by atoms with Crippen molar-refractivity contribution in [1.29, 1.82) is 0 Å². The molecule has 0 aliphatic carbocycles. The summed E-state index contributed by atoms with van der Waals surface area (Å²) in [5, 5.41) is 4.74. The van der Waals surface area contributed by atoms with E-state index in [-0.39, 0.29) is 16.4 Å². The average Bonchev–Trinajstić information content (AvgIpc) is 3.15. The van der Waals surface area contributed by atoms with Gasteiger partial charge in [0.15, 0.2) is 5.11 Å². The van der Waals surface area contributed by atoms with Crippen LogP contribution >= 0.6 is 12.2 Å². The summed E-state index contributed by atoms with van der Waals surface area (Å²) in [6.07, 6.45) is -2.64. The second-order valence-electron chi connectivity index (χ2n) is 6.31. The van der Waals surface area contributed by atoms with Crippen LogP contribution in [-0.2, 0) is 6.18 Å². The van der Waals surface area contributed by atoms with Gasteiger partial charge < -0.3 is 10.2 Å². The predicted octanol–water partition coefficient (Wildman–Crippen LogP) is 4.57. The topological polar surface area (TPSA) is 44.4 Å². The van der Waals surface area contributed by atoms with Gasteiger partial charge in [-0.05, 0) is 55.4 Å². The molecule has 2 aromatic rings. The van der Waals surface area contributed by atoms with Crippen LogP contribution in [0.1, 0.15) is 28.8 Å². The Balaban J connectivity index is 1.82. The van der Waals surface area contributed by atoms with Crippen molar-refractivity contribution in [2.24, 2.45) is 0 Å². The lowest BCUT2D eigenvalue weighted by Crippen LogP contribution is -2.35. The van der Waals surface area contributed by atoms with Gasteiger partial charge in [-0.2, -0.15) is 13.2 Å². The highest BCUT2D eigenvalue weighted by molar-refractivity contribution is 7.80. The van der Waals surface area contributed by atoms with Gasteiger partial charge in [0, 0.05) is 13.1 Å². The lowest BCUT2D eigenvalue weighted by atomic mass is 10.1. The number of alkyl halides is 3. The summed E-state index contributed by atoms with van der Waals surface area (Å²) in [5.74, 6) is -1.51. The van der Waals surface area contributed by atoms with E-state index in [0.717, 1.165) is 31.0 Å². The van der Waals surface area contributed by atoms with E-state index in [1.807, 2.05) is 4.90 Å². The molecule has 2 N–H and O–H groups in total. The Labute approximate surface area is 164 Å². The van der Waals surface area contributed by atoms with E-state index in [9.17, 15) is 22.4 Å². The molecular weight excluding hydrogens is 394 g/mol. The number of amides is 1. The average molecular weight is 411 g/mol. The van der Waals surface area contributed by atoms with Gasteiger partial charge in [-0.25, -0.2) is 4.39 Å². The molecule has 0 aromatic heterocycles. The van der Waals surface area contributed by atoms with Gasteiger partial charge in [0.05, 0.1) is 22.5 Å². The summed E-state index contributed by atoms with van der Waals surface area (Å²) in [5.41, 5.74) is -0.347. The van der Waals surface area contributed by atoms with Crippen LogP contribution < -0.4 is 15.5 Å². The molecule has 0 spiro atoms. The van der Waals surface area contributed by atoms with Gasteiger partial charge in [0.2, 0.25) is 0 Å². The largest absolute Gasteiger partial charge is 0.416 e. The SMILES string of the molecule is O=C(NC(=S)Nc1cc(C(F)(F)F)ccc1N1CCCC1)c1ccccc1F. The van der Waals surface area contributed by atoms with Crippen LogP contribution in [0.5, 0.6) is 0 Å². The third-order valence-electron chi connectivity index (χ3n) is 4.36. The normalized spacial score (nSPS) is 14.1. The molecular formula is C19H17F4N3OS. The van der Waals surface area contributed by atoms with Gasteiger partial charge in [-0.3, -0.25) is 10.1 Å². The van der Waals surface area contributed by atoms with E-state index in [1.54, 1.807) is 0 Å². The van der Waals surface area contributed by atoms with Crippen LogP contribution in [0.4, 0.5) is 28.9 Å². The lowest BCUT2D eigenvalue weighted by Gasteiger charge is -2.23. The third-order valence-corrected chi connectivity index (χ3v) is 4.57. The van der Waals surface area contributed by atoms with Gasteiger partial charge in [0.1, 0.15) is 5.82 Å². The number of rotatable bonds is 3. The zero-order valence-electron chi connectivity index (χ0n) is 14.6. The minimum atomic E-state index is -4.52. The fourth-order valence-corrected chi connectivity index (χ4v) is 3.22. The van der Waals surface area contributed by atoms with Crippen LogP contribution in [0.3, 0.4) is 0 Å². The van der Waals surface area contributed by atoms with Gasteiger partial charge >= 0.3 is 6.18 Å². The Morgan fingerprint density at radius 3 is 2.39 bits per heavy atom. The highest BCUT2D eigenvalue weighted by Crippen LogP contribution is 2.36. The van der Waals surface area contributed by atoms with Crippen molar-refractivity contribution in [3.8, 4) is 0 Å². The number of carbonyl (C=O) groups excluding carboxylic acids is 1. The number of halogens is 4. The Kier molecular flexibility index (Phi) is 5.83. The van der Waals surface area contributed by atoms with Crippen LogP contribution in [0.25, 0.3) is 0 Å². The fourth-order valence-electron chi connectivity index (χ4n) is 3.02. The summed E-state index contributed by atoms with van der Waals surface area (Å²) < 4.78 is 53.0. The predicted molar refractivity (Wildman–Crippen MR) is 103 cm³/mol. The molecule has 0 atom stereocenters. The van der Waals surface area contributed by atoms with Gasteiger partial charge in [0.25, 0.3) is 5.91 Å². The summed E-state index contributed by atoms with van der Waals surface area (Å²) in [7, 11) is 0. The smallest absolute Gasteiger partial charge is 0.370 e. The number of anilines is 2. The first-order chi connectivity index (χ1) is 13.3. The second-order valence-corrected chi connectivity index (χ2v) is 6.72. The summed E-state index contributed by atoms with van der Waals surface area (Å²) >= 11 is 5.06. The Bertz CT molecular complexity index is 895. The van der Waals surface area contributed by atoms with Crippen molar-refractivity contribution in [3.63, 3.8) is 0 Å². The number of thiocarbonyl (C=S) groups is 1. The minimum absolute atomic E-state index is 0.135. The molecule has 2 aromatic carbocycles. The summed E-state index contributed by atoms with van der Waals surface area (Å²) in [6.45, 7) is 1.43. The van der Waals surface area contributed by atoms with E-state index < -0.39 is 23.5 Å². The Morgan fingerprint density at radius 1 is 1.07 bits per heavy atom. The molecule has 0 bridgehead atoms. The van der Waals surface area contributed by atoms with Gasteiger partial charge in [-0.1, -0.05) is 12.1 Å². The maximum Gasteiger partial charge on any atom is 0.416 e. The number of nitrogens with zero attached hydrogens (tertiary/aromatic N) is 1. The number of hydrogen-bond donors (Lipinski definition) is 2. The zero-order chi connectivity index (χ0) is 20.3. The van der Waals surface area contributed by atoms with E-state index in [1.165, 1.54) is 24.3 Å². The van der Waals surface area contributed by atoms with Crippen molar-refractivity contribution >= 4 is 34.6 Å². The maximum absolute atomic E-state index is 13.7. The summed E-state index contributed by atoms with van der Waals surface area (Å²) in [6, 6.07) is 8.70. The molecule has 1 heterocycles. The van der Waals surface area contributed by atoms with Crippen LogP contribution in [0.15, 0.2) is 42.5 Å². The standard InChI is InChI=1S/C19H17F4N3OS/c20-14-6-2-1-5-13(14)17(27)25-18(28)24-15-11-12(19(21,22)23)7-8-16(15)26-9-3-4-10-26/h1-2,5-8,11H,3-4,9-10H2,(H2,24,25,27,28). The zero-order valence-corrected chi connectivity index (χ0v) is 15.5. The van der Waals surface area contributed by atoms with Crippen LogP contribution in [-0.4, -0.2) is 24.1 Å². The number of hydrogen-bond acceptors (Lipinski definition) is 3. The molecule has 0 unspecified atom stereocenters. The lowest BCUT2D eigenvalue weighted by molar-refractivity contribution is -0.137. The van der Waals surface area contributed by atoms with Crippen molar-refractivity contribution in [3.05, 3.63) is 59.4 Å². The number of benzene rings is 2. The number of nitrogens with one attached hydrogen (secondary N) is 2. The first-order valence-electron chi connectivity index (χ1n) is 8.59. The molecule has 1 aliphatic rings. The van der Waals surface area contributed by atoms with Crippen molar-refractivity contribution in [2.45, 2.75) is 19.0 Å². The molecule has 3 rings (SSSR count). The van der Waals surface area contributed by atoms with E-state index in [0.29, 0.717) is 18.8 Å². The van der Waals surface area contributed by atoms with Gasteiger partial charge in [-0.15, -0.1) is 0 Å². The van der Waals surface area contributed by atoms with Crippen molar-refractivity contribution in [2.75, 3.05) is 23.3 Å². The molecule has 0 radical (unpaired) electrons. The first-order valence-corrected chi connectivity index (χ1v) is 8.99. The Hall–Kier alpha value is -2.68. The monoisotopic (exact) mass is 411 g/mol. The quantitative estimate of drug-likeness (QED) is 0.574. The Morgan fingerprint density at radius 2 is 1.75 bits per heavy atom. The van der Waals surface area contributed by atoms with Crippen LogP contribution in [0, 0.1) is 5.82 Å². The third kappa shape index (κ3) is 4.59. The van der Waals surface area contributed by atoms with E-state index in [2.05, 4.69) is 10.6 Å². The fraction of sp³-hybridized carbons (Fsp3) is 0.263. The summed E-state index contributed by atoms with van der Waals surface area (Å²) in [4.78, 5) is 14.1. The molecule has 1 aliphatic heterocycles. The maximum atomic E-state index is 13.7. The highest BCUT2D eigenvalue weighted by Gasteiger charge is 2.32. The molecule has 1 amide bonds. The molecule has 148 valence electrons. The van der Waals surface area contributed by atoms with E-state index in [4.69, 9.17) is 12.2 Å². The molecule has 1 fully saturated rings. The van der Waals surface area contributed by atoms with Crippen molar-refractivity contribution in [1.82, 2.24) is 5.32 Å². The molecule has 4 nitrogen and oxygen atoms in total. The first kappa shape index (κ1) is 20.1. The second kappa shape index (κ2) is 8.14. The molecule has 9 heteroatoms. The highest BCUT2D eigenvalue weighted by atomic mass is 32.1. The van der Waals surface area contributed by atoms with Crippen molar-refractivity contribution < 1.29 is 22.4 Å².